The van der Waals surface area contributed by atoms with Crippen molar-refractivity contribution in [2.75, 3.05) is 6.54 Å². The van der Waals surface area contributed by atoms with E-state index < -0.39 is 10.2 Å². The van der Waals surface area contributed by atoms with Gasteiger partial charge in [-0.1, -0.05) is 38.5 Å². The van der Waals surface area contributed by atoms with Gasteiger partial charge in [0.15, 0.2) is 0 Å². The molecular formula is C14H28N2O2S. The molecule has 0 unspecified atom stereocenters. The van der Waals surface area contributed by atoms with Crippen molar-refractivity contribution >= 4 is 10.2 Å². The number of nitrogens with one attached hydrogen (secondary N) is 1. The Bertz CT molecular complexity index is 362. The van der Waals surface area contributed by atoms with E-state index in [2.05, 4.69) is 4.72 Å². The molecule has 0 aromatic carbocycles. The van der Waals surface area contributed by atoms with Crippen LogP contribution in [0.2, 0.25) is 0 Å². The number of nitrogens with zero attached hydrogens (tertiary/aromatic N) is 1. The Kier molecular flexibility index (Phi) is 5.66. The zero-order valence-corrected chi connectivity index (χ0v) is 12.9. The van der Waals surface area contributed by atoms with Gasteiger partial charge in [-0.05, 0) is 32.6 Å². The molecule has 0 radical (unpaired) electrons. The zero-order valence-electron chi connectivity index (χ0n) is 12.1. The largest absolute Gasteiger partial charge is 0.279 e. The van der Waals surface area contributed by atoms with E-state index in [9.17, 15) is 8.42 Å². The lowest BCUT2D eigenvalue weighted by atomic mass is 9.97. The van der Waals surface area contributed by atoms with E-state index in [-0.39, 0.29) is 12.1 Å². The lowest BCUT2D eigenvalue weighted by Gasteiger charge is -2.34. The first kappa shape index (κ1) is 15.3. The molecule has 0 spiro atoms. The van der Waals surface area contributed by atoms with Gasteiger partial charge < -0.3 is 0 Å². The summed E-state index contributed by atoms with van der Waals surface area (Å²) in [6.45, 7) is 2.71. The topological polar surface area (TPSA) is 49.4 Å². The van der Waals surface area contributed by atoms with Crippen LogP contribution in [0.5, 0.6) is 0 Å². The summed E-state index contributed by atoms with van der Waals surface area (Å²) in [6, 6.07) is 0.305. The van der Waals surface area contributed by atoms with E-state index in [1.807, 2.05) is 6.92 Å². The van der Waals surface area contributed by atoms with Crippen LogP contribution >= 0.6 is 0 Å². The van der Waals surface area contributed by atoms with E-state index in [0.717, 1.165) is 44.9 Å². The molecule has 1 atom stereocenters. The summed E-state index contributed by atoms with van der Waals surface area (Å²) in [5, 5.41) is 0. The highest BCUT2D eigenvalue weighted by molar-refractivity contribution is 7.87. The lowest BCUT2D eigenvalue weighted by molar-refractivity contribution is 0.262. The number of hydrogen-bond acceptors (Lipinski definition) is 2. The summed E-state index contributed by atoms with van der Waals surface area (Å²) in [4.78, 5) is 0. The quantitative estimate of drug-likeness (QED) is 0.868. The Morgan fingerprint density at radius 2 is 1.47 bits per heavy atom. The second-order valence-electron chi connectivity index (χ2n) is 6.12. The zero-order chi connectivity index (χ0) is 13.7. The molecule has 2 aliphatic rings. The molecule has 0 aromatic rings. The molecule has 1 saturated carbocycles. The molecule has 2 rings (SSSR count). The first-order chi connectivity index (χ1) is 9.09. The fourth-order valence-corrected chi connectivity index (χ4v) is 5.02. The molecular weight excluding hydrogens is 260 g/mol. The number of rotatable bonds is 3. The molecule has 1 heterocycles. The van der Waals surface area contributed by atoms with Crippen molar-refractivity contribution in [3.8, 4) is 0 Å². The van der Waals surface area contributed by atoms with Crippen LogP contribution in [0.4, 0.5) is 0 Å². The Hall–Kier alpha value is -0.130. The van der Waals surface area contributed by atoms with Crippen LogP contribution in [-0.4, -0.2) is 31.4 Å². The van der Waals surface area contributed by atoms with Crippen LogP contribution in [0.3, 0.4) is 0 Å². The van der Waals surface area contributed by atoms with E-state index in [1.54, 1.807) is 4.31 Å². The summed E-state index contributed by atoms with van der Waals surface area (Å²) >= 11 is 0. The maximum absolute atomic E-state index is 12.5. The van der Waals surface area contributed by atoms with Gasteiger partial charge in [0.25, 0.3) is 10.2 Å². The average Bonchev–Trinajstić information content (AvgIpc) is 2.33. The molecule has 1 aliphatic heterocycles. The maximum Gasteiger partial charge on any atom is 0.279 e. The lowest BCUT2D eigenvalue weighted by Crippen LogP contribution is -2.50. The van der Waals surface area contributed by atoms with Crippen LogP contribution in [0.1, 0.15) is 71.1 Å². The fourth-order valence-electron chi connectivity index (χ4n) is 3.28. The average molecular weight is 288 g/mol. The minimum atomic E-state index is -3.28. The smallest absolute Gasteiger partial charge is 0.199 e. The van der Waals surface area contributed by atoms with Gasteiger partial charge in [-0.25, -0.2) is 0 Å². The summed E-state index contributed by atoms with van der Waals surface area (Å²) < 4.78 is 29.6. The second-order valence-corrected chi connectivity index (χ2v) is 7.78. The minimum absolute atomic E-state index is 0.152. The third-order valence-corrected chi connectivity index (χ3v) is 6.26. The van der Waals surface area contributed by atoms with Crippen molar-refractivity contribution in [1.29, 1.82) is 0 Å². The molecule has 1 saturated heterocycles. The first-order valence-electron chi connectivity index (χ1n) is 7.89. The van der Waals surface area contributed by atoms with Gasteiger partial charge in [-0.2, -0.15) is 17.4 Å². The van der Waals surface area contributed by atoms with Gasteiger partial charge in [-0.3, -0.25) is 0 Å². The van der Waals surface area contributed by atoms with Crippen LogP contribution in [0, 0.1) is 0 Å². The molecule has 112 valence electrons. The van der Waals surface area contributed by atoms with Crippen molar-refractivity contribution in [1.82, 2.24) is 9.03 Å². The van der Waals surface area contributed by atoms with Crippen molar-refractivity contribution in [3.05, 3.63) is 0 Å². The molecule has 1 aliphatic carbocycles. The van der Waals surface area contributed by atoms with Crippen LogP contribution in [0.25, 0.3) is 0 Å². The molecule has 0 amide bonds. The van der Waals surface area contributed by atoms with Gasteiger partial charge in [0.2, 0.25) is 0 Å². The molecule has 2 fully saturated rings. The van der Waals surface area contributed by atoms with E-state index in [1.165, 1.54) is 19.3 Å². The van der Waals surface area contributed by atoms with Crippen LogP contribution in [0.15, 0.2) is 0 Å². The summed E-state index contributed by atoms with van der Waals surface area (Å²) in [7, 11) is -3.28. The number of hydrogen-bond donors (Lipinski definition) is 1. The first-order valence-corrected chi connectivity index (χ1v) is 9.33. The highest BCUT2D eigenvalue weighted by atomic mass is 32.2. The molecule has 0 bridgehead atoms. The highest BCUT2D eigenvalue weighted by Crippen LogP contribution is 2.22. The molecule has 0 aromatic heterocycles. The Morgan fingerprint density at radius 1 is 0.895 bits per heavy atom. The van der Waals surface area contributed by atoms with E-state index in [4.69, 9.17) is 0 Å². The summed E-state index contributed by atoms with van der Waals surface area (Å²) in [6.07, 6.45) is 11.3. The van der Waals surface area contributed by atoms with Gasteiger partial charge in [0, 0.05) is 18.6 Å². The standard InChI is InChI=1S/C14H28N2O2S/c1-13-9-7-8-12-16(13)19(17,18)15-14-10-5-3-2-4-6-11-14/h13-15H,2-12H2,1H3/t13-/m1/s1. The Morgan fingerprint density at radius 3 is 2.11 bits per heavy atom. The SMILES string of the molecule is C[C@@H]1CCCCN1S(=O)(=O)NC1CCCCCCC1. The third-order valence-electron chi connectivity index (χ3n) is 4.47. The van der Waals surface area contributed by atoms with Gasteiger partial charge >= 0.3 is 0 Å². The van der Waals surface area contributed by atoms with Crippen LogP contribution in [-0.2, 0) is 10.2 Å². The molecule has 4 nitrogen and oxygen atoms in total. The van der Waals surface area contributed by atoms with Gasteiger partial charge in [-0.15, -0.1) is 0 Å². The second kappa shape index (κ2) is 7.04. The fraction of sp³-hybridized carbons (Fsp3) is 1.00. The summed E-state index contributed by atoms with van der Waals surface area (Å²) in [5.74, 6) is 0. The monoisotopic (exact) mass is 288 g/mol. The Balaban J connectivity index is 1.94. The summed E-state index contributed by atoms with van der Waals surface area (Å²) in [5.41, 5.74) is 0. The predicted octanol–water partition coefficient (Wildman–Crippen LogP) is 2.81. The highest BCUT2D eigenvalue weighted by Gasteiger charge is 2.31. The maximum atomic E-state index is 12.5. The van der Waals surface area contributed by atoms with Crippen molar-refractivity contribution < 1.29 is 8.42 Å². The predicted molar refractivity (Wildman–Crippen MR) is 78.2 cm³/mol. The third kappa shape index (κ3) is 4.43. The minimum Gasteiger partial charge on any atom is -0.199 e. The molecule has 5 heteroatoms. The van der Waals surface area contributed by atoms with Gasteiger partial charge in [0.05, 0.1) is 0 Å². The molecule has 19 heavy (non-hydrogen) atoms. The van der Waals surface area contributed by atoms with E-state index >= 15 is 0 Å². The van der Waals surface area contributed by atoms with E-state index in [0.29, 0.717) is 6.54 Å². The molecule has 1 N–H and O–H groups in total. The van der Waals surface area contributed by atoms with Crippen molar-refractivity contribution in [3.63, 3.8) is 0 Å². The van der Waals surface area contributed by atoms with Gasteiger partial charge in [0.1, 0.15) is 0 Å². The normalized spacial score (nSPS) is 28.8. The Labute approximate surface area is 118 Å². The number of piperidine rings is 1. The van der Waals surface area contributed by atoms with Crippen molar-refractivity contribution in [2.45, 2.75) is 83.2 Å². The van der Waals surface area contributed by atoms with Crippen molar-refractivity contribution in [2.24, 2.45) is 0 Å². The van der Waals surface area contributed by atoms with Crippen LogP contribution < -0.4 is 4.72 Å².